The topological polar surface area (TPSA) is 64.0 Å². The van der Waals surface area contributed by atoms with Gasteiger partial charge in [0.1, 0.15) is 0 Å². The van der Waals surface area contributed by atoms with Gasteiger partial charge in [0, 0.05) is 18.4 Å². The largest absolute Gasteiger partial charge is 0.380 e. The average molecular weight is 315 g/mol. The van der Waals surface area contributed by atoms with Gasteiger partial charge >= 0.3 is 5.76 Å². The van der Waals surface area contributed by atoms with E-state index in [-0.39, 0.29) is 11.7 Å². The minimum absolute atomic E-state index is 0.164. The number of anilines is 1. The normalized spacial score (nSPS) is 13.3. The van der Waals surface area contributed by atoms with Gasteiger partial charge in [-0.3, -0.25) is 4.68 Å². The van der Waals surface area contributed by atoms with E-state index in [0.29, 0.717) is 6.54 Å². The van der Waals surface area contributed by atoms with Crippen LogP contribution in [0.15, 0.2) is 47.6 Å². The van der Waals surface area contributed by atoms with E-state index in [0.717, 1.165) is 0 Å². The highest BCUT2D eigenvalue weighted by Gasteiger charge is 2.29. The summed E-state index contributed by atoms with van der Waals surface area (Å²) in [7, 11) is -4.63. The monoisotopic (exact) mass is 315 g/mol. The fourth-order valence-electron chi connectivity index (χ4n) is 1.93. The van der Waals surface area contributed by atoms with Gasteiger partial charge in [-0.05, 0) is 25.1 Å². The van der Waals surface area contributed by atoms with Crippen LogP contribution in [-0.4, -0.2) is 30.0 Å². The van der Waals surface area contributed by atoms with Crippen LogP contribution in [0.3, 0.4) is 0 Å². The van der Waals surface area contributed by atoms with E-state index >= 15 is 0 Å². The second kappa shape index (κ2) is 6.21. The van der Waals surface area contributed by atoms with E-state index < -0.39 is 20.5 Å². The lowest BCUT2D eigenvalue weighted by molar-refractivity contribution is 0.235. The third-order valence-corrected chi connectivity index (χ3v) is 4.29. The molecule has 0 saturated carbocycles. The highest BCUT2D eigenvalue weighted by molar-refractivity contribution is 7.91. The standard InChI is InChI=1S/C13H15F2N3O2S/c1-10(9-18-8-4-7-16-18)17-11-5-2-3-6-12(11)21(19,20)13(14)15/h2-8,10,13,17H,9H2,1H3. The summed E-state index contributed by atoms with van der Waals surface area (Å²) in [6.45, 7) is 2.30. The molecule has 1 N–H and O–H groups in total. The van der Waals surface area contributed by atoms with E-state index in [1.807, 2.05) is 6.92 Å². The summed E-state index contributed by atoms with van der Waals surface area (Å²) in [5, 5.41) is 6.97. The van der Waals surface area contributed by atoms with Crippen LogP contribution in [0.1, 0.15) is 6.92 Å². The lowest BCUT2D eigenvalue weighted by atomic mass is 10.2. The molecule has 1 atom stereocenters. The van der Waals surface area contributed by atoms with Crippen molar-refractivity contribution in [3.63, 3.8) is 0 Å². The molecule has 0 fully saturated rings. The molecular formula is C13H15F2N3O2S. The van der Waals surface area contributed by atoms with Gasteiger partial charge in [-0.15, -0.1) is 0 Å². The van der Waals surface area contributed by atoms with Crippen LogP contribution >= 0.6 is 0 Å². The summed E-state index contributed by atoms with van der Waals surface area (Å²) in [4.78, 5) is -0.396. The smallest absolute Gasteiger partial charge is 0.341 e. The molecule has 0 aliphatic rings. The highest BCUT2D eigenvalue weighted by atomic mass is 32.2. The van der Waals surface area contributed by atoms with Crippen LogP contribution in [0.25, 0.3) is 0 Å². The first-order valence-corrected chi connectivity index (χ1v) is 7.81. The number of benzene rings is 1. The molecule has 8 heteroatoms. The maximum absolute atomic E-state index is 12.7. The van der Waals surface area contributed by atoms with E-state index in [1.54, 1.807) is 29.2 Å². The number of nitrogens with zero attached hydrogens (tertiary/aromatic N) is 2. The molecular weight excluding hydrogens is 300 g/mol. The molecule has 114 valence electrons. The molecule has 0 saturated heterocycles. The van der Waals surface area contributed by atoms with Gasteiger partial charge in [-0.2, -0.15) is 13.9 Å². The summed E-state index contributed by atoms with van der Waals surface area (Å²) in [5.74, 6) is -3.44. The Morgan fingerprint density at radius 2 is 2.00 bits per heavy atom. The predicted octanol–water partition coefficient (Wildman–Crippen LogP) is 2.38. The minimum atomic E-state index is -4.63. The van der Waals surface area contributed by atoms with Crippen molar-refractivity contribution in [1.82, 2.24) is 9.78 Å². The number of rotatable bonds is 6. The van der Waals surface area contributed by atoms with Crippen molar-refractivity contribution >= 4 is 15.5 Å². The van der Waals surface area contributed by atoms with Gasteiger partial charge in [0.2, 0.25) is 9.84 Å². The molecule has 1 aromatic heterocycles. The number of hydrogen-bond donors (Lipinski definition) is 1. The number of para-hydroxylation sites is 1. The molecule has 1 unspecified atom stereocenters. The fraction of sp³-hybridized carbons (Fsp3) is 0.308. The van der Waals surface area contributed by atoms with Gasteiger partial charge < -0.3 is 5.32 Å². The minimum Gasteiger partial charge on any atom is -0.380 e. The fourth-order valence-corrected chi connectivity index (χ4v) is 2.82. The molecule has 2 rings (SSSR count). The van der Waals surface area contributed by atoms with Crippen LogP contribution in [0.2, 0.25) is 0 Å². The van der Waals surface area contributed by atoms with Gasteiger partial charge in [0.25, 0.3) is 0 Å². The quantitative estimate of drug-likeness (QED) is 0.889. The zero-order chi connectivity index (χ0) is 15.5. The number of hydrogen-bond acceptors (Lipinski definition) is 4. The highest BCUT2D eigenvalue weighted by Crippen LogP contribution is 2.26. The van der Waals surface area contributed by atoms with Crippen molar-refractivity contribution in [3.8, 4) is 0 Å². The molecule has 1 heterocycles. The lowest BCUT2D eigenvalue weighted by Crippen LogP contribution is -2.24. The Morgan fingerprint density at radius 1 is 1.29 bits per heavy atom. The Kier molecular flexibility index (Phi) is 4.56. The zero-order valence-corrected chi connectivity index (χ0v) is 12.1. The van der Waals surface area contributed by atoms with E-state index in [4.69, 9.17) is 0 Å². The summed E-state index contributed by atoms with van der Waals surface area (Å²) in [6.07, 6.45) is 3.39. The Balaban J connectivity index is 2.21. The summed E-state index contributed by atoms with van der Waals surface area (Å²) in [6, 6.07) is 7.23. The Labute approximate surface area is 121 Å². The van der Waals surface area contributed by atoms with Crippen LogP contribution in [0, 0.1) is 0 Å². The zero-order valence-electron chi connectivity index (χ0n) is 11.3. The third kappa shape index (κ3) is 3.57. The van der Waals surface area contributed by atoms with Crippen LogP contribution in [0.4, 0.5) is 14.5 Å². The van der Waals surface area contributed by atoms with Crippen molar-refractivity contribution in [1.29, 1.82) is 0 Å². The molecule has 21 heavy (non-hydrogen) atoms. The molecule has 0 amide bonds. The average Bonchev–Trinajstić information content (AvgIpc) is 2.91. The molecule has 2 aromatic rings. The Bertz CT molecular complexity index is 687. The van der Waals surface area contributed by atoms with Crippen molar-refractivity contribution in [3.05, 3.63) is 42.7 Å². The Hall–Kier alpha value is -1.96. The lowest BCUT2D eigenvalue weighted by Gasteiger charge is -2.18. The number of alkyl halides is 2. The van der Waals surface area contributed by atoms with Gasteiger partial charge in [-0.1, -0.05) is 12.1 Å². The number of halogens is 2. The summed E-state index contributed by atoms with van der Waals surface area (Å²) < 4.78 is 50.3. The SMILES string of the molecule is CC(Cn1cccn1)Nc1ccccc1S(=O)(=O)C(F)F. The van der Waals surface area contributed by atoms with Crippen LogP contribution in [-0.2, 0) is 16.4 Å². The summed E-state index contributed by atoms with van der Waals surface area (Å²) in [5.41, 5.74) is 0.164. The van der Waals surface area contributed by atoms with E-state index in [1.165, 1.54) is 18.2 Å². The number of sulfone groups is 1. The maximum Gasteiger partial charge on any atom is 0.341 e. The molecule has 0 spiro atoms. The molecule has 5 nitrogen and oxygen atoms in total. The number of aromatic nitrogens is 2. The molecule has 1 aromatic carbocycles. The predicted molar refractivity (Wildman–Crippen MR) is 74.9 cm³/mol. The second-order valence-electron chi connectivity index (χ2n) is 4.58. The van der Waals surface area contributed by atoms with Crippen molar-refractivity contribution in [2.75, 3.05) is 5.32 Å². The second-order valence-corrected chi connectivity index (χ2v) is 6.46. The van der Waals surface area contributed by atoms with Crippen molar-refractivity contribution in [2.45, 2.75) is 30.2 Å². The van der Waals surface area contributed by atoms with Gasteiger partial charge in [0.15, 0.2) is 0 Å². The number of nitrogens with one attached hydrogen (secondary N) is 1. The van der Waals surface area contributed by atoms with E-state index in [9.17, 15) is 17.2 Å². The van der Waals surface area contributed by atoms with Crippen molar-refractivity contribution in [2.24, 2.45) is 0 Å². The van der Waals surface area contributed by atoms with Crippen LogP contribution in [0.5, 0.6) is 0 Å². The maximum atomic E-state index is 12.7. The Morgan fingerprint density at radius 3 is 2.62 bits per heavy atom. The summed E-state index contributed by atoms with van der Waals surface area (Å²) >= 11 is 0. The molecule has 0 bridgehead atoms. The first kappa shape index (κ1) is 15.4. The molecule has 0 aliphatic heterocycles. The van der Waals surface area contributed by atoms with E-state index in [2.05, 4.69) is 10.4 Å². The van der Waals surface area contributed by atoms with Gasteiger partial charge in [0.05, 0.1) is 17.1 Å². The van der Waals surface area contributed by atoms with Crippen LogP contribution < -0.4 is 5.32 Å². The molecule has 0 radical (unpaired) electrons. The molecule has 0 aliphatic carbocycles. The first-order valence-electron chi connectivity index (χ1n) is 6.26. The van der Waals surface area contributed by atoms with Gasteiger partial charge in [-0.25, -0.2) is 8.42 Å². The third-order valence-electron chi connectivity index (χ3n) is 2.85. The first-order chi connectivity index (χ1) is 9.91. The van der Waals surface area contributed by atoms with Crippen molar-refractivity contribution < 1.29 is 17.2 Å².